The number of rotatable bonds is 3. The fourth-order valence-electron chi connectivity index (χ4n) is 2.46. The first-order chi connectivity index (χ1) is 10.3. The van der Waals surface area contributed by atoms with Gasteiger partial charge in [-0.1, -0.05) is 13.0 Å². The molecular weight excluding hydrogens is 284 g/mol. The second kappa shape index (κ2) is 6.22. The number of aromatic nitrogens is 2. The fourth-order valence-corrected chi connectivity index (χ4v) is 3.15. The minimum absolute atomic E-state index is 0.230. The normalized spacial score (nSPS) is 15.3. The molecule has 0 aromatic carbocycles. The van der Waals surface area contributed by atoms with Gasteiger partial charge in [-0.2, -0.15) is 0 Å². The van der Waals surface area contributed by atoms with Crippen molar-refractivity contribution >= 4 is 23.1 Å². The maximum atomic E-state index is 11.7. The van der Waals surface area contributed by atoms with Crippen molar-refractivity contribution in [3.05, 3.63) is 29.6 Å². The Morgan fingerprint density at radius 3 is 2.57 bits per heavy atom. The van der Waals surface area contributed by atoms with E-state index in [0.29, 0.717) is 6.42 Å². The van der Waals surface area contributed by atoms with Crippen molar-refractivity contribution in [2.45, 2.75) is 13.3 Å². The van der Waals surface area contributed by atoms with E-state index in [1.165, 1.54) is 0 Å². The van der Waals surface area contributed by atoms with Crippen LogP contribution >= 0.6 is 11.3 Å². The van der Waals surface area contributed by atoms with Gasteiger partial charge >= 0.3 is 0 Å². The fraction of sp³-hybridized carbons (Fsp3) is 0.400. The lowest BCUT2D eigenvalue weighted by Crippen LogP contribution is -2.48. The van der Waals surface area contributed by atoms with Gasteiger partial charge in [0.1, 0.15) is 5.69 Å². The third kappa shape index (κ3) is 3.05. The molecule has 0 N–H and O–H groups in total. The average molecular weight is 302 g/mol. The van der Waals surface area contributed by atoms with Gasteiger partial charge in [0, 0.05) is 32.6 Å². The van der Waals surface area contributed by atoms with Crippen LogP contribution in [0.5, 0.6) is 0 Å². The van der Waals surface area contributed by atoms with Gasteiger partial charge in [0.25, 0.3) is 0 Å². The quantitative estimate of drug-likeness (QED) is 0.872. The molecule has 0 saturated carbocycles. The minimum Gasteiger partial charge on any atom is -0.352 e. The van der Waals surface area contributed by atoms with Crippen LogP contribution in [-0.4, -0.2) is 47.2 Å². The highest BCUT2D eigenvalue weighted by Gasteiger charge is 2.20. The molecule has 1 fully saturated rings. The van der Waals surface area contributed by atoms with Crippen molar-refractivity contribution in [3.8, 4) is 10.6 Å². The summed E-state index contributed by atoms with van der Waals surface area (Å²) in [7, 11) is 0. The Morgan fingerprint density at radius 2 is 2.00 bits per heavy atom. The molecule has 5 nitrogen and oxygen atoms in total. The molecule has 0 atom stereocenters. The van der Waals surface area contributed by atoms with E-state index < -0.39 is 0 Å². The lowest BCUT2D eigenvalue weighted by Gasteiger charge is -2.35. The SMILES string of the molecule is CCC(=O)N1CCN(c2ccc(-c3cccs3)nn2)CC1. The van der Waals surface area contributed by atoms with Crippen LogP contribution in [0.2, 0.25) is 0 Å². The van der Waals surface area contributed by atoms with Crippen LogP contribution in [-0.2, 0) is 4.79 Å². The van der Waals surface area contributed by atoms with Crippen LogP contribution in [0.15, 0.2) is 29.6 Å². The first kappa shape index (κ1) is 14.0. The molecule has 1 amide bonds. The molecule has 0 aliphatic carbocycles. The molecule has 1 aliphatic rings. The monoisotopic (exact) mass is 302 g/mol. The molecule has 3 rings (SSSR count). The van der Waals surface area contributed by atoms with Gasteiger partial charge in [0.2, 0.25) is 5.91 Å². The number of thiophene rings is 1. The van der Waals surface area contributed by atoms with Crippen LogP contribution in [0.3, 0.4) is 0 Å². The molecule has 2 aromatic rings. The van der Waals surface area contributed by atoms with Gasteiger partial charge in [-0.15, -0.1) is 21.5 Å². The maximum absolute atomic E-state index is 11.7. The number of anilines is 1. The van der Waals surface area contributed by atoms with Crippen LogP contribution in [0.4, 0.5) is 5.82 Å². The van der Waals surface area contributed by atoms with Crippen molar-refractivity contribution in [2.24, 2.45) is 0 Å². The Labute approximate surface area is 128 Å². The lowest BCUT2D eigenvalue weighted by atomic mass is 10.2. The summed E-state index contributed by atoms with van der Waals surface area (Å²) in [6.07, 6.45) is 0.579. The minimum atomic E-state index is 0.230. The van der Waals surface area contributed by atoms with Gasteiger partial charge in [-0.25, -0.2) is 0 Å². The van der Waals surface area contributed by atoms with Gasteiger partial charge in [-0.3, -0.25) is 4.79 Å². The molecule has 1 aliphatic heterocycles. The smallest absolute Gasteiger partial charge is 0.222 e. The predicted octanol–water partition coefficient (Wildman–Crippen LogP) is 2.26. The van der Waals surface area contributed by atoms with Crippen molar-refractivity contribution in [3.63, 3.8) is 0 Å². The van der Waals surface area contributed by atoms with E-state index in [2.05, 4.69) is 15.1 Å². The van der Waals surface area contributed by atoms with Crippen LogP contribution < -0.4 is 4.90 Å². The second-order valence-corrected chi connectivity index (χ2v) is 5.92. The first-order valence-electron chi connectivity index (χ1n) is 7.18. The van der Waals surface area contributed by atoms with Crippen molar-refractivity contribution in [1.29, 1.82) is 0 Å². The van der Waals surface area contributed by atoms with E-state index in [0.717, 1.165) is 42.6 Å². The summed E-state index contributed by atoms with van der Waals surface area (Å²) < 4.78 is 0. The van der Waals surface area contributed by atoms with Crippen molar-refractivity contribution in [1.82, 2.24) is 15.1 Å². The molecule has 2 aromatic heterocycles. The number of carbonyl (C=O) groups excluding carboxylic acids is 1. The standard InChI is InChI=1S/C15H18N4OS/c1-2-15(20)19-9-7-18(8-10-19)14-6-5-12(16-17-14)13-4-3-11-21-13/h3-6,11H,2,7-10H2,1H3. The summed E-state index contributed by atoms with van der Waals surface area (Å²) in [5.74, 6) is 1.12. The Morgan fingerprint density at radius 1 is 1.19 bits per heavy atom. The molecule has 0 radical (unpaired) electrons. The summed E-state index contributed by atoms with van der Waals surface area (Å²) in [5.41, 5.74) is 0.911. The molecular formula is C15H18N4OS. The summed E-state index contributed by atoms with van der Waals surface area (Å²) in [6.45, 7) is 5.07. The van der Waals surface area contributed by atoms with Gasteiger partial charge in [0.15, 0.2) is 5.82 Å². The Bertz CT molecular complexity index is 589. The molecule has 3 heterocycles. The first-order valence-corrected chi connectivity index (χ1v) is 8.06. The molecule has 6 heteroatoms. The average Bonchev–Trinajstić information content (AvgIpc) is 3.09. The van der Waals surface area contributed by atoms with Crippen LogP contribution in [0, 0.1) is 0 Å². The maximum Gasteiger partial charge on any atom is 0.222 e. The van der Waals surface area contributed by atoms with E-state index in [1.807, 2.05) is 41.5 Å². The molecule has 110 valence electrons. The molecule has 0 spiro atoms. The number of carbonyl (C=O) groups is 1. The lowest BCUT2D eigenvalue weighted by molar-refractivity contribution is -0.131. The summed E-state index contributed by atoms with van der Waals surface area (Å²) in [5, 5.41) is 10.7. The zero-order valence-electron chi connectivity index (χ0n) is 12.0. The molecule has 0 bridgehead atoms. The number of hydrogen-bond donors (Lipinski definition) is 0. The number of hydrogen-bond acceptors (Lipinski definition) is 5. The Kier molecular flexibility index (Phi) is 4.15. The van der Waals surface area contributed by atoms with Gasteiger partial charge in [0.05, 0.1) is 4.88 Å². The van der Waals surface area contributed by atoms with E-state index >= 15 is 0 Å². The highest BCUT2D eigenvalue weighted by Crippen LogP contribution is 2.23. The zero-order valence-corrected chi connectivity index (χ0v) is 12.8. The van der Waals surface area contributed by atoms with Crippen molar-refractivity contribution < 1.29 is 4.79 Å². The second-order valence-electron chi connectivity index (χ2n) is 4.98. The third-order valence-corrected chi connectivity index (χ3v) is 4.58. The van der Waals surface area contributed by atoms with Gasteiger partial charge < -0.3 is 9.80 Å². The molecule has 21 heavy (non-hydrogen) atoms. The highest BCUT2D eigenvalue weighted by atomic mass is 32.1. The topological polar surface area (TPSA) is 49.3 Å². The summed E-state index contributed by atoms with van der Waals surface area (Å²) in [4.78, 5) is 16.9. The zero-order chi connectivity index (χ0) is 14.7. The van der Waals surface area contributed by atoms with Crippen molar-refractivity contribution in [2.75, 3.05) is 31.1 Å². The highest BCUT2D eigenvalue weighted by molar-refractivity contribution is 7.13. The largest absolute Gasteiger partial charge is 0.352 e. The van der Waals surface area contributed by atoms with Gasteiger partial charge in [-0.05, 0) is 23.6 Å². The Hall–Kier alpha value is -1.95. The molecule has 1 saturated heterocycles. The van der Waals surface area contributed by atoms with E-state index in [1.54, 1.807) is 11.3 Å². The summed E-state index contributed by atoms with van der Waals surface area (Å²) >= 11 is 1.66. The number of piperazine rings is 1. The van der Waals surface area contributed by atoms with E-state index in [9.17, 15) is 4.79 Å². The number of nitrogens with zero attached hydrogens (tertiary/aromatic N) is 4. The molecule has 0 unspecified atom stereocenters. The van der Waals surface area contributed by atoms with E-state index in [-0.39, 0.29) is 5.91 Å². The van der Waals surface area contributed by atoms with Crippen LogP contribution in [0.1, 0.15) is 13.3 Å². The third-order valence-electron chi connectivity index (χ3n) is 3.68. The van der Waals surface area contributed by atoms with Crippen LogP contribution in [0.25, 0.3) is 10.6 Å². The predicted molar refractivity (Wildman–Crippen MR) is 84.4 cm³/mol. The summed E-state index contributed by atoms with van der Waals surface area (Å²) in [6, 6.07) is 8.08. The number of amides is 1. The van der Waals surface area contributed by atoms with E-state index in [4.69, 9.17) is 0 Å². The Balaban J connectivity index is 1.65.